The van der Waals surface area contributed by atoms with Crippen LogP contribution in [0.5, 0.6) is 0 Å². The van der Waals surface area contributed by atoms with Gasteiger partial charge in [0.05, 0.1) is 11.5 Å². The van der Waals surface area contributed by atoms with Crippen LogP contribution in [0.4, 0.5) is 11.5 Å². The maximum Gasteiger partial charge on any atom is 0.334 e. The van der Waals surface area contributed by atoms with Crippen molar-refractivity contribution in [1.82, 2.24) is 9.78 Å². The normalized spacial score (nSPS) is 12.8. The molecule has 0 saturated carbocycles. The van der Waals surface area contributed by atoms with E-state index in [1.807, 2.05) is 20.8 Å². The lowest BCUT2D eigenvalue weighted by Gasteiger charge is -2.13. The van der Waals surface area contributed by atoms with E-state index in [1.165, 1.54) is 4.68 Å². The van der Waals surface area contributed by atoms with Crippen LogP contribution in [0.1, 0.15) is 32.4 Å². The second-order valence-electron chi connectivity index (χ2n) is 4.62. The summed E-state index contributed by atoms with van der Waals surface area (Å²) in [5, 5.41) is 18.5. The van der Waals surface area contributed by atoms with Crippen LogP contribution in [-0.4, -0.2) is 34.5 Å². The van der Waals surface area contributed by atoms with Gasteiger partial charge in [-0.1, -0.05) is 13.8 Å². The van der Waals surface area contributed by atoms with Gasteiger partial charge in [-0.15, -0.1) is 0 Å². The van der Waals surface area contributed by atoms with E-state index in [1.54, 1.807) is 14.2 Å². The minimum absolute atomic E-state index is 0.00452. The fourth-order valence-electron chi connectivity index (χ4n) is 1.79. The SMILES string of the molecule is COCC(C)Nc1c([N+](=O)[O-])c(C(C)C)nn1C. The zero-order chi connectivity index (χ0) is 13.9. The fourth-order valence-corrected chi connectivity index (χ4v) is 1.79. The summed E-state index contributed by atoms with van der Waals surface area (Å²) in [7, 11) is 3.29. The molecular weight excluding hydrogens is 236 g/mol. The summed E-state index contributed by atoms with van der Waals surface area (Å²) in [5.74, 6) is 0.429. The Bertz CT molecular complexity index is 428. The lowest BCUT2D eigenvalue weighted by Crippen LogP contribution is -2.22. The van der Waals surface area contributed by atoms with Crippen molar-refractivity contribution in [2.45, 2.75) is 32.7 Å². The molecule has 0 aliphatic heterocycles. The van der Waals surface area contributed by atoms with Gasteiger partial charge in [0, 0.05) is 26.1 Å². The van der Waals surface area contributed by atoms with E-state index in [9.17, 15) is 10.1 Å². The van der Waals surface area contributed by atoms with E-state index in [0.29, 0.717) is 18.1 Å². The average Bonchev–Trinajstić information content (AvgIpc) is 2.57. The summed E-state index contributed by atoms with van der Waals surface area (Å²) in [4.78, 5) is 10.8. The van der Waals surface area contributed by atoms with Gasteiger partial charge in [-0.05, 0) is 6.92 Å². The summed E-state index contributed by atoms with van der Waals surface area (Å²) >= 11 is 0. The molecule has 18 heavy (non-hydrogen) atoms. The Morgan fingerprint density at radius 1 is 1.50 bits per heavy atom. The van der Waals surface area contributed by atoms with Crippen molar-refractivity contribution in [3.05, 3.63) is 15.8 Å². The van der Waals surface area contributed by atoms with Crippen molar-refractivity contribution in [1.29, 1.82) is 0 Å². The number of nitrogens with zero attached hydrogens (tertiary/aromatic N) is 3. The van der Waals surface area contributed by atoms with Gasteiger partial charge in [-0.3, -0.25) is 10.1 Å². The predicted molar refractivity (Wildman–Crippen MR) is 68.9 cm³/mol. The number of aromatic nitrogens is 2. The Balaban J connectivity index is 3.13. The Morgan fingerprint density at radius 2 is 2.11 bits per heavy atom. The second-order valence-corrected chi connectivity index (χ2v) is 4.62. The highest BCUT2D eigenvalue weighted by Gasteiger charge is 2.29. The van der Waals surface area contributed by atoms with Gasteiger partial charge < -0.3 is 10.1 Å². The van der Waals surface area contributed by atoms with E-state index in [-0.39, 0.29) is 22.6 Å². The van der Waals surface area contributed by atoms with Crippen LogP contribution in [0.15, 0.2) is 0 Å². The molecule has 0 spiro atoms. The first-order valence-electron chi connectivity index (χ1n) is 5.85. The third-order valence-electron chi connectivity index (χ3n) is 2.58. The molecule has 1 atom stereocenters. The molecule has 0 aliphatic rings. The van der Waals surface area contributed by atoms with Crippen LogP contribution in [0.25, 0.3) is 0 Å². The zero-order valence-electron chi connectivity index (χ0n) is 11.4. The van der Waals surface area contributed by atoms with Gasteiger partial charge in [0.2, 0.25) is 5.82 Å². The summed E-state index contributed by atoms with van der Waals surface area (Å²) in [6, 6.07) is -0.0240. The van der Waals surface area contributed by atoms with Gasteiger partial charge in [0.1, 0.15) is 5.69 Å². The second kappa shape index (κ2) is 5.81. The molecule has 0 fully saturated rings. The number of rotatable bonds is 6. The Kier molecular flexibility index (Phi) is 4.66. The summed E-state index contributed by atoms with van der Waals surface area (Å²) in [6.07, 6.45) is 0. The van der Waals surface area contributed by atoms with E-state index in [0.717, 1.165) is 0 Å². The molecule has 1 heterocycles. The third-order valence-corrected chi connectivity index (χ3v) is 2.58. The highest BCUT2D eigenvalue weighted by atomic mass is 16.6. The molecule has 1 aromatic rings. The molecule has 0 bridgehead atoms. The molecule has 7 nitrogen and oxygen atoms in total. The minimum atomic E-state index is -0.385. The van der Waals surface area contributed by atoms with E-state index >= 15 is 0 Å². The molecule has 0 saturated heterocycles. The average molecular weight is 256 g/mol. The number of ether oxygens (including phenoxy) is 1. The quantitative estimate of drug-likeness (QED) is 0.621. The van der Waals surface area contributed by atoms with Crippen LogP contribution < -0.4 is 5.32 Å². The number of nitro groups is 1. The first-order chi connectivity index (χ1) is 8.38. The van der Waals surface area contributed by atoms with Crippen molar-refractivity contribution in [3.8, 4) is 0 Å². The molecular formula is C11H20N4O3. The summed E-state index contributed by atoms with van der Waals surface area (Å²) in [6.45, 7) is 6.14. The van der Waals surface area contributed by atoms with Gasteiger partial charge in [-0.2, -0.15) is 5.10 Å². The number of anilines is 1. The lowest BCUT2D eigenvalue weighted by atomic mass is 10.1. The van der Waals surface area contributed by atoms with Crippen molar-refractivity contribution in [2.75, 3.05) is 19.0 Å². The lowest BCUT2D eigenvalue weighted by molar-refractivity contribution is -0.384. The van der Waals surface area contributed by atoms with Gasteiger partial charge in [0.25, 0.3) is 0 Å². The van der Waals surface area contributed by atoms with Crippen LogP contribution in [0.2, 0.25) is 0 Å². The van der Waals surface area contributed by atoms with Crippen LogP contribution in [0, 0.1) is 10.1 Å². The molecule has 7 heteroatoms. The molecule has 1 unspecified atom stereocenters. The molecule has 1 aromatic heterocycles. The smallest absolute Gasteiger partial charge is 0.334 e. The van der Waals surface area contributed by atoms with Gasteiger partial charge in [0.15, 0.2) is 0 Å². The molecule has 0 amide bonds. The molecule has 0 radical (unpaired) electrons. The van der Waals surface area contributed by atoms with Crippen molar-refractivity contribution >= 4 is 11.5 Å². The third kappa shape index (κ3) is 2.98. The highest BCUT2D eigenvalue weighted by Crippen LogP contribution is 2.33. The zero-order valence-corrected chi connectivity index (χ0v) is 11.4. The number of methoxy groups -OCH3 is 1. The minimum Gasteiger partial charge on any atom is -0.383 e. The van der Waals surface area contributed by atoms with Crippen molar-refractivity contribution < 1.29 is 9.66 Å². The Labute approximate surface area is 106 Å². The molecule has 1 N–H and O–H groups in total. The largest absolute Gasteiger partial charge is 0.383 e. The Hall–Kier alpha value is -1.63. The Morgan fingerprint density at radius 3 is 2.56 bits per heavy atom. The van der Waals surface area contributed by atoms with Crippen molar-refractivity contribution in [2.24, 2.45) is 7.05 Å². The fraction of sp³-hybridized carbons (Fsp3) is 0.727. The standard InChI is InChI=1S/C11H20N4O3/c1-7(2)9-10(15(16)17)11(14(4)13-9)12-8(3)6-18-5/h7-8,12H,6H2,1-5H3. The summed E-state index contributed by atoms with van der Waals surface area (Å²) in [5.41, 5.74) is 0.546. The van der Waals surface area contributed by atoms with Crippen LogP contribution >= 0.6 is 0 Å². The highest BCUT2D eigenvalue weighted by molar-refractivity contribution is 5.61. The first kappa shape index (κ1) is 14.4. The number of hydrogen-bond donors (Lipinski definition) is 1. The van der Waals surface area contributed by atoms with E-state index in [2.05, 4.69) is 10.4 Å². The monoisotopic (exact) mass is 256 g/mol. The number of nitrogens with one attached hydrogen (secondary N) is 1. The van der Waals surface area contributed by atoms with E-state index in [4.69, 9.17) is 4.74 Å². The van der Waals surface area contributed by atoms with Crippen LogP contribution in [-0.2, 0) is 11.8 Å². The molecule has 102 valence electrons. The van der Waals surface area contributed by atoms with Crippen molar-refractivity contribution in [3.63, 3.8) is 0 Å². The van der Waals surface area contributed by atoms with Gasteiger partial charge in [-0.25, -0.2) is 4.68 Å². The van der Waals surface area contributed by atoms with Crippen LogP contribution in [0.3, 0.4) is 0 Å². The topological polar surface area (TPSA) is 82.2 Å². The maximum atomic E-state index is 11.2. The summed E-state index contributed by atoms with van der Waals surface area (Å²) < 4.78 is 6.52. The van der Waals surface area contributed by atoms with Gasteiger partial charge >= 0.3 is 5.69 Å². The predicted octanol–water partition coefficient (Wildman–Crippen LogP) is 1.90. The van der Waals surface area contributed by atoms with E-state index < -0.39 is 0 Å². The molecule has 0 aromatic carbocycles. The maximum absolute atomic E-state index is 11.2. The number of aryl methyl sites for hydroxylation is 1. The first-order valence-corrected chi connectivity index (χ1v) is 5.85. The number of hydrogen-bond acceptors (Lipinski definition) is 5. The molecule has 1 rings (SSSR count). The molecule has 0 aliphatic carbocycles.